The molecule has 0 aliphatic heterocycles. The van der Waals surface area contributed by atoms with Gasteiger partial charge in [-0.1, -0.05) is 36.6 Å². The summed E-state index contributed by atoms with van der Waals surface area (Å²) in [4.78, 5) is 0. The van der Waals surface area contributed by atoms with Crippen LogP contribution in [-0.4, -0.2) is 0 Å². The van der Waals surface area contributed by atoms with Gasteiger partial charge in [-0.25, -0.2) is 0 Å². The number of nitrogens with two attached hydrogens (primary N) is 1. The van der Waals surface area contributed by atoms with Crippen LogP contribution in [0, 0.1) is 12.8 Å². The highest BCUT2D eigenvalue weighted by Gasteiger charge is 2.23. The van der Waals surface area contributed by atoms with Crippen LogP contribution in [0.1, 0.15) is 42.9 Å². The van der Waals surface area contributed by atoms with E-state index in [0.717, 1.165) is 22.9 Å². The van der Waals surface area contributed by atoms with Gasteiger partial charge in [-0.15, -0.1) is 0 Å². The van der Waals surface area contributed by atoms with Crippen molar-refractivity contribution < 1.29 is 0 Å². The first-order valence-corrected chi connectivity index (χ1v) is 6.30. The molecule has 0 amide bonds. The first-order chi connectivity index (χ1) is 7.70. The number of nitrogens with one attached hydrogen (secondary N) is 1. The van der Waals surface area contributed by atoms with Crippen molar-refractivity contribution >= 4 is 11.6 Å². The van der Waals surface area contributed by atoms with E-state index in [1.165, 1.54) is 24.8 Å². The topological polar surface area (TPSA) is 38.0 Å². The largest absolute Gasteiger partial charge is 0.271 e. The second kappa shape index (κ2) is 5.17. The van der Waals surface area contributed by atoms with Gasteiger partial charge in [0.05, 0.1) is 0 Å². The summed E-state index contributed by atoms with van der Waals surface area (Å²) in [5.74, 6) is 6.54. The van der Waals surface area contributed by atoms with E-state index in [9.17, 15) is 0 Å². The molecule has 1 saturated carbocycles. The first-order valence-electron chi connectivity index (χ1n) is 5.93. The van der Waals surface area contributed by atoms with Crippen molar-refractivity contribution in [2.24, 2.45) is 11.8 Å². The molecular weight excluding hydrogens is 220 g/mol. The predicted molar refractivity (Wildman–Crippen MR) is 68.2 cm³/mol. The van der Waals surface area contributed by atoms with Gasteiger partial charge in [0.1, 0.15) is 0 Å². The normalized spacial score (nSPS) is 17.4. The van der Waals surface area contributed by atoms with Crippen LogP contribution in [0.2, 0.25) is 5.02 Å². The average molecular weight is 239 g/mol. The molecule has 2 rings (SSSR count). The fourth-order valence-electron chi connectivity index (χ4n) is 2.05. The molecule has 0 saturated heterocycles. The molecule has 3 heteroatoms. The number of hydrazine groups is 1. The zero-order valence-electron chi connectivity index (χ0n) is 9.67. The fraction of sp³-hybridized carbons (Fsp3) is 0.538. The van der Waals surface area contributed by atoms with Gasteiger partial charge < -0.3 is 0 Å². The maximum absolute atomic E-state index is 6.24. The Morgan fingerprint density at radius 3 is 2.81 bits per heavy atom. The molecule has 0 heterocycles. The number of rotatable bonds is 5. The Morgan fingerprint density at radius 2 is 2.25 bits per heavy atom. The summed E-state index contributed by atoms with van der Waals surface area (Å²) in [5, 5.41) is 0.818. The molecule has 0 spiro atoms. The lowest BCUT2D eigenvalue weighted by atomic mass is 10.00. The van der Waals surface area contributed by atoms with Gasteiger partial charge in [0.2, 0.25) is 0 Å². The number of aryl methyl sites for hydroxylation is 1. The Hall–Kier alpha value is -0.570. The minimum atomic E-state index is 0.189. The molecule has 1 unspecified atom stereocenters. The lowest BCUT2D eigenvalue weighted by molar-refractivity contribution is 0.482. The van der Waals surface area contributed by atoms with Crippen molar-refractivity contribution in [1.82, 2.24) is 5.43 Å². The summed E-state index contributed by atoms with van der Waals surface area (Å²) in [7, 11) is 0. The molecule has 0 bridgehead atoms. The van der Waals surface area contributed by atoms with Gasteiger partial charge in [-0.2, -0.15) is 0 Å². The number of hydrogen-bond donors (Lipinski definition) is 2. The highest BCUT2D eigenvalue weighted by molar-refractivity contribution is 6.31. The Morgan fingerprint density at radius 1 is 1.50 bits per heavy atom. The van der Waals surface area contributed by atoms with Crippen molar-refractivity contribution in [2.45, 2.75) is 38.6 Å². The third-order valence-corrected chi connectivity index (χ3v) is 3.62. The maximum Gasteiger partial charge on any atom is 0.0474 e. The Bertz CT molecular complexity index is 361. The highest BCUT2D eigenvalue weighted by Crippen LogP contribution is 2.36. The zero-order chi connectivity index (χ0) is 11.5. The SMILES string of the molecule is Cc1ccc(C(CCC2CC2)NN)c(Cl)c1. The van der Waals surface area contributed by atoms with E-state index in [4.69, 9.17) is 17.4 Å². The standard InChI is InChI=1S/C13H19ClN2/c1-9-2-6-11(12(14)8-9)13(16-15)7-5-10-3-4-10/h2,6,8,10,13,16H,3-5,7,15H2,1H3. The van der Waals surface area contributed by atoms with Gasteiger partial charge in [0.25, 0.3) is 0 Å². The van der Waals surface area contributed by atoms with E-state index >= 15 is 0 Å². The Labute approximate surface area is 102 Å². The van der Waals surface area contributed by atoms with Crippen LogP contribution in [0.3, 0.4) is 0 Å². The van der Waals surface area contributed by atoms with Crippen molar-refractivity contribution in [2.75, 3.05) is 0 Å². The van der Waals surface area contributed by atoms with Gasteiger partial charge in [0, 0.05) is 11.1 Å². The number of benzene rings is 1. The van der Waals surface area contributed by atoms with Crippen molar-refractivity contribution in [3.05, 3.63) is 34.3 Å². The highest BCUT2D eigenvalue weighted by atomic mass is 35.5. The lowest BCUT2D eigenvalue weighted by Crippen LogP contribution is -2.28. The number of hydrogen-bond acceptors (Lipinski definition) is 2. The van der Waals surface area contributed by atoms with Crippen LogP contribution < -0.4 is 11.3 Å². The molecule has 1 fully saturated rings. The summed E-state index contributed by atoms with van der Waals surface area (Å²) in [6, 6.07) is 6.35. The van der Waals surface area contributed by atoms with Gasteiger partial charge >= 0.3 is 0 Å². The summed E-state index contributed by atoms with van der Waals surface area (Å²) < 4.78 is 0. The molecule has 1 aromatic rings. The maximum atomic E-state index is 6.24. The molecule has 1 aliphatic rings. The van der Waals surface area contributed by atoms with Crippen molar-refractivity contribution in [3.63, 3.8) is 0 Å². The summed E-state index contributed by atoms with van der Waals surface area (Å²) in [5.41, 5.74) is 5.18. The quantitative estimate of drug-likeness (QED) is 0.610. The second-order valence-electron chi connectivity index (χ2n) is 4.76. The van der Waals surface area contributed by atoms with E-state index in [1.807, 2.05) is 13.0 Å². The lowest BCUT2D eigenvalue weighted by Gasteiger charge is -2.17. The minimum absolute atomic E-state index is 0.189. The minimum Gasteiger partial charge on any atom is -0.271 e. The van der Waals surface area contributed by atoms with Gasteiger partial charge in [-0.05, 0) is 42.9 Å². The molecule has 16 heavy (non-hydrogen) atoms. The predicted octanol–water partition coefficient (Wildman–Crippen LogP) is 3.34. The third-order valence-electron chi connectivity index (χ3n) is 3.29. The number of halogens is 1. The van der Waals surface area contributed by atoms with Crippen LogP contribution in [-0.2, 0) is 0 Å². The third kappa shape index (κ3) is 2.97. The molecule has 1 atom stereocenters. The molecule has 0 radical (unpaired) electrons. The van der Waals surface area contributed by atoms with E-state index in [2.05, 4.69) is 17.6 Å². The van der Waals surface area contributed by atoms with Crippen LogP contribution in [0.4, 0.5) is 0 Å². The molecule has 1 aromatic carbocycles. The molecule has 1 aliphatic carbocycles. The summed E-state index contributed by atoms with van der Waals surface area (Å²) in [6.07, 6.45) is 5.10. The average Bonchev–Trinajstić information content (AvgIpc) is 3.05. The van der Waals surface area contributed by atoms with E-state index in [-0.39, 0.29) is 6.04 Å². The zero-order valence-corrected chi connectivity index (χ0v) is 10.4. The summed E-state index contributed by atoms with van der Waals surface area (Å²) in [6.45, 7) is 2.05. The van der Waals surface area contributed by atoms with Gasteiger partial charge in [-0.3, -0.25) is 11.3 Å². The van der Waals surface area contributed by atoms with Crippen LogP contribution in [0.5, 0.6) is 0 Å². The Balaban J connectivity index is 2.05. The van der Waals surface area contributed by atoms with Crippen LogP contribution in [0.25, 0.3) is 0 Å². The molecular formula is C13H19ClN2. The van der Waals surface area contributed by atoms with E-state index in [0.29, 0.717) is 0 Å². The monoisotopic (exact) mass is 238 g/mol. The first kappa shape index (κ1) is 11.9. The fourth-order valence-corrected chi connectivity index (χ4v) is 2.42. The molecule has 0 aromatic heterocycles. The Kier molecular flexibility index (Phi) is 3.85. The van der Waals surface area contributed by atoms with E-state index < -0.39 is 0 Å². The molecule has 2 nitrogen and oxygen atoms in total. The van der Waals surface area contributed by atoms with Crippen molar-refractivity contribution in [1.29, 1.82) is 0 Å². The molecule has 3 N–H and O–H groups in total. The molecule has 88 valence electrons. The second-order valence-corrected chi connectivity index (χ2v) is 5.17. The smallest absolute Gasteiger partial charge is 0.0474 e. The van der Waals surface area contributed by atoms with Crippen LogP contribution in [0.15, 0.2) is 18.2 Å². The van der Waals surface area contributed by atoms with Gasteiger partial charge in [0.15, 0.2) is 0 Å². The van der Waals surface area contributed by atoms with Crippen molar-refractivity contribution in [3.8, 4) is 0 Å². The van der Waals surface area contributed by atoms with Crippen LogP contribution >= 0.6 is 11.6 Å². The van der Waals surface area contributed by atoms with E-state index in [1.54, 1.807) is 0 Å². The summed E-state index contributed by atoms with van der Waals surface area (Å²) >= 11 is 6.24.